The summed E-state index contributed by atoms with van der Waals surface area (Å²) in [7, 11) is 0. The molecule has 1 aromatic rings. The van der Waals surface area contributed by atoms with Crippen molar-refractivity contribution >= 4 is 0 Å². The van der Waals surface area contributed by atoms with Crippen molar-refractivity contribution in [3.63, 3.8) is 0 Å². The molecule has 0 aliphatic heterocycles. The fourth-order valence-corrected chi connectivity index (χ4v) is 1.79. The van der Waals surface area contributed by atoms with Crippen LogP contribution in [0.15, 0.2) is 6.33 Å². The second kappa shape index (κ2) is 5.85. The Labute approximate surface area is 91.9 Å². The van der Waals surface area contributed by atoms with Crippen LogP contribution in [0.1, 0.15) is 39.4 Å². The normalized spacial score (nSPS) is 15.2. The fourth-order valence-electron chi connectivity index (χ4n) is 1.79. The molecule has 4 heteroatoms. The molecule has 0 fully saturated rings. The lowest BCUT2D eigenvalue weighted by molar-refractivity contribution is 0.407. The van der Waals surface area contributed by atoms with Crippen LogP contribution in [0.2, 0.25) is 0 Å². The topological polar surface area (TPSA) is 56.7 Å². The van der Waals surface area contributed by atoms with Gasteiger partial charge in [0.25, 0.3) is 0 Å². The first kappa shape index (κ1) is 12.2. The Morgan fingerprint density at radius 1 is 1.47 bits per heavy atom. The lowest BCUT2D eigenvalue weighted by Gasteiger charge is -2.18. The molecule has 2 unspecified atom stereocenters. The molecule has 4 nitrogen and oxygen atoms in total. The highest BCUT2D eigenvalue weighted by Gasteiger charge is 2.15. The Morgan fingerprint density at radius 3 is 2.80 bits per heavy atom. The summed E-state index contributed by atoms with van der Waals surface area (Å²) in [5.74, 6) is 1.56. The van der Waals surface area contributed by atoms with Crippen LogP contribution in [0.5, 0.6) is 0 Å². The summed E-state index contributed by atoms with van der Waals surface area (Å²) in [6.07, 6.45) is 4.81. The van der Waals surface area contributed by atoms with E-state index >= 15 is 0 Å². The van der Waals surface area contributed by atoms with E-state index in [0.29, 0.717) is 5.92 Å². The van der Waals surface area contributed by atoms with E-state index in [0.717, 1.165) is 18.8 Å². The third-order valence-corrected chi connectivity index (χ3v) is 2.89. The molecular formula is C11H22N4. The summed E-state index contributed by atoms with van der Waals surface area (Å²) in [6, 6.07) is 0.194. The van der Waals surface area contributed by atoms with Gasteiger partial charge >= 0.3 is 0 Å². The summed E-state index contributed by atoms with van der Waals surface area (Å²) in [4.78, 5) is 4.24. The van der Waals surface area contributed by atoms with Crippen LogP contribution in [0.4, 0.5) is 0 Å². The molecule has 1 rings (SSSR count). The van der Waals surface area contributed by atoms with E-state index in [4.69, 9.17) is 5.73 Å². The third-order valence-electron chi connectivity index (χ3n) is 2.89. The molecule has 0 aromatic carbocycles. The van der Waals surface area contributed by atoms with Crippen LogP contribution in [-0.4, -0.2) is 20.8 Å². The van der Waals surface area contributed by atoms with Crippen LogP contribution in [0.25, 0.3) is 0 Å². The Kier molecular flexibility index (Phi) is 4.75. The molecule has 86 valence electrons. The SMILES string of the molecule is CCCC(C)C(N)Cc1ncnn1CC. The monoisotopic (exact) mass is 210 g/mol. The zero-order chi connectivity index (χ0) is 11.3. The summed E-state index contributed by atoms with van der Waals surface area (Å²) < 4.78 is 1.92. The van der Waals surface area contributed by atoms with Crippen molar-refractivity contribution < 1.29 is 0 Å². The van der Waals surface area contributed by atoms with Gasteiger partial charge in [-0.2, -0.15) is 5.10 Å². The third kappa shape index (κ3) is 3.30. The zero-order valence-electron chi connectivity index (χ0n) is 9.98. The minimum Gasteiger partial charge on any atom is -0.327 e. The minimum atomic E-state index is 0.194. The van der Waals surface area contributed by atoms with E-state index < -0.39 is 0 Å². The Morgan fingerprint density at radius 2 is 2.20 bits per heavy atom. The van der Waals surface area contributed by atoms with Crippen LogP contribution >= 0.6 is 0 Å². The number of nitrogens with two attached hydrogens (primary N) is 1. The highest BCUT2D eigenvalue weighted by atomic mass is 15.3. The highest BCUT2D eigenvalue weighted by molar-refractivity contribution is 4.90. The van der Waals surface area contributed by atoms with Crippen molar-refractivity contribution in [2.24, 2.45) is 11.7 Å². The molecule has 0 saturated heterocycles. The van der Waals surface area contributed by atoms with Crippen molar-refractivity contribution in [2.45, 2.75) is 52.6 Å². The maximum absolute atomic E-state index is 6.14. The summed E-state index contributed by atoms with van der Waals surface area (Å²) in [5, 5.41) is 4.14. The quantitative estimate of drug-likeness (QED) is 0.776. The van der Waals surface area contributed by atoms with Crippen LogP contribution < -0.4 is 5.73 Å². The number of hydrogen-bond donors (Lipinski definition) is 1. The molecular weight excluding hydrogens is 188 g/mol. The molecule has 0 radical (unpaired) electrons. The smallest absolute Gasteiger partial charge is 0.138 e. The van der Waals surface area contributed by atoms with Gasteiger partial charge in [-0.15, -0.1) is 0 Å². The second-order valence-corrected chi connectivity index (χ2v) is 4.13. The second-order valence-electron chi connectivity index (χ2n) is 4.13. The van der Waals surface area contributed by atoms with Gasteiger partial charge in [-0.25, -0.2) is 4.98 Å². The van der Waals surface area contributed by atoms with E-state index in [-0.39, 0.29) is 6.04 Å². The van der Waals surface area contributed by atoms with Gasteiger partial charge in [0.05, 0.1) is 0 Å². The van der Waals surface area contributed by atoms with E-state index in [1.165, 1.54) is 12.8 Å². The van der Waals surface area contributed by atoms with Gasteiger partial charge in [-0.05, 0) is 19.3 Å². The van der Waals surface area contributed by atoms with Crippen LogP contribution in [0.3, 0.4) is 0 Å². The molecule has 0 aliphatic rings. The molecule has 1 aromatic heterocycles. The highest BCUT2D eigenvalue weighted by Crippen LogP contribution is 2.12. The summed E-state index contributed by atoms with van der Waals surface area (Å²) >= 11 is 0. The molecule has 0 saturated carbocycles. The molecule has 2 atom stereocenters. The number of aromatic nitrogens is 3. The first-order valence-corrected chi connectivity index (χ1v) is 5.81. The predicted molar refractivity (Wildman–Crippen MR) is 61.4 cm³/mol. The van der Waals surface area contributed by atoms with Crippen molar-refractivity contribution in [3.05, 3.63) is 12.2 Å². The predicted octanol–water partition coefficient (Wildman–Crippen LogP) is 1.60. The Bertz CT molecular complexity index is 282. The maximum Gasteiger partial charge on any atom is 0.138 e. The van der Waals surface area contributed by atoms with Crippen LogP contribution in [0, 0.1) is 5.92 Å². The molecule has 15 heavy (non-hydrogen) atoms. The largest absolute Gasteiger partial charge is 0.327 e. The van der Waals surface area contributed by atoms with Crippen molar-refractivity contribution in [1.82, 2.24) is 14.8 Å². The van der Waals surface area contributed by atoms with E-state index in [1.807, 2.05) is 4.68 Å². The molecule has 1 heterocycles. The van der Waals surface area contributed by atoms with Gasteiger partial charge in [-0.1, -0.05) is 20.3 Å². The van der Waals surface area contributed by atoms with Crippen molar-refractivity contribution in [3.8, 4) is 0 Å². The first-order chi connectivity index (χ1) is 7.19. The fraction of sp³-hybridized carbons (Fsp3) is 0.818. The maximum atomic E-state index is 6.14. The molecule has 2 N–H and O–H groups in total. The Hall–Kier alpha value is -0.900. The lowest BCUT2D eigenvalue weighted by atomic mass is 9.95. The summed E-state index contributed by atoms with van der Waals surface area (Å²) in [6.45, 7) is 7.34. The lowest BCUT2D eigenvalue weighted by Crippen LogP contribution is -2.31. The average Bonchev–Trinajstić information content (AvgIpc) is 2.65. The van der Waals surface area contributed by atoms with Gasteiger partial charge in [0.15, 0.2) is 0 Å². The van der Waals surface area contributed by atoms with Crippen molar-refractivity contribution in [2.75, 3.05) is 0 Å². The Balaban J connectivity index is 2.53. The molecule has 0 bridgehead atoms. The van der Waals surface area contributed by atoms with Gasteiger partial charge in [-0.3, -0.25) is 4.68 Å². The van der Waals surface area contributed by atoms with Gasteiger partial charge in [0.1, 0.15) is 12.2 Å². The van der Waals surface area contributed by atoms with Crippen LogP contribution in [-0.2, 0) is 13.0 Å². The van der Waals surface area contributed by atoms with Gasteiger partial charge in [0.2, 0.25) is 0 Å². The number of nitrogens with zero attached hydrogens (tertiary/aromatic N) is 3. The number of aryl methyl sites for hydroxylation is 1. The van der Waals surface area contributed by atoms with E-state index in [1.54, 1.807) is 6.33 Å². The van der Waals surface area contributed by atoms with Gasteiger partial charge < -0.3 is 5.73 Å². The summed E-state index contributed by atoms with van der Waals surface area (Å²) in [5.41, 5.74) is 6.14. The molecule has 0 amide bonds. The average molecular weight is 210 g/mol. The molecule has 0 spiro atoms. The number of rotatable bonds is 6. The minimum absolute atomic E-state index is 0.194. The van der Waals surface area contributed by atoms with Gasteiger partial charge in [0, 0.05) is 19.0 Å². The van der Waals surface area contributed by atoms with Crippen molar-refractivity contribution in [1.29, 1.82) is 0 Å². The first-order valence-electron chi connectivity index (χ1n) is 5.81. The van der Waals surface area contributed by atoms with E-state index in [9.17, 15) is 0 Å². The zero-order valence-corrected chi connectivity index (χ0v) is 9.98. The number of hydrogen-bond acceptors (Lipinski definition) is 3. The van der Waals surface area contributed by atoms with E-state index in [2.05, 4.69) is 30.9 Å². The molecule has 0 aliphatic carbocycles. The standard InChI is InChI=1S/C11H22N4/c1-4-6-9(3)10(12)7-11-13-8-14-15(11)5-2/h8-10H,4-7,12H2,1-3H3.